The smallest absolute Gasteiger partial charge is 0.251 e. The largest absolute Gasteiger partial charge is 0.490 e. The SMILES string of the molecule is CCC(NC(=O)c1ccc(Cl)cc1)C1CCC(Oc2ccnc3ccccc23)CC1. The second kappa shape index (κ2) is 9.48. The number of halogens is 1. The molecule has 0 radical (unpaired) electrons. The number of aromatic nitrogens is 1. The number of nitrogens with one attached hydrogen (secondary N) is 1. The van der Waals surface area contributed by atoms with Gasteiger partial charge >= 0.3 is 0 Å². The van der Waals surface area contributed by atoms with Crippen LogP contribution in [0.2, 0.25) is 5.02 Å². The van der Waals surface area contributed by atoms with Crippen molar-refractivity contribution in [1.82, 2.24) is 10.3 Å². The van der Waals surface area contributed by atoms with E-state index in [2.05, 4.69) is 23.3 Å². The van der Waals surface area contributed by atoms with Crippen LogP contribution in [-0.2, 0) is 0 Å². The van der Waals surface area contributed by atoms with Gasteiger partial charge in [0.1, 0.15) is 5.75 Å². The molecule has 1 aromatic heterocycles. The number of hydrogen-bond acceptors (Lipinski definition) is 3. The van der Waals surface area contributed by atoms with Gasteiger partial charge in [0, 0.05) is 28.2 Å². The number of benzene rings is 2. The first-order chi connectivity index (χ1) is 14.6. The molecule has 0 bridgehead atoms. The van der Waals surface area contributed by atoms with Crippen LogP contribution in [0.5, 0.6) is 5.75 Å². The van der Waals surface area contributed by atoms with E-state index in [9.17, 15) is 4.79 Å². The number of carbonyl (C=O) groups is 1. The number of carbonyl (C=O) groups excluding carboxylic acids is 1. The van der Waals surface area contributed by atoms with E-state index in [-0.39, 0.29) is 18.1 Å². The maximum atomic E-state index is 12.6. The van der Waals surface area contributed by atoms with Gasteiger partial charge in [0.2, 0.25) is 0 Å². The first-order valence-corrected chi connectivity index (χ1v) is 11.1. The Balaban J connectivity index is 1.34. The lowest BCUT2D eigenvalue weighted by atomic mass is 9.81. The molecule has 1 N–H and O–H groups in total. The number of para-hydroxylation sites is 1. The van der Waals surface area contributed by atoms with E-state index < -0.39 is 0 Å². The number of fused-ring (bicyclic) bond motifs is 1. The summed E-state index contributed by atoms with van der Waals surface area (Å²) in [6, 6.07) is 17.3. The van der Waals surface area contributed by atoms with Gasteiger partial charge in [-0.15, -0.1) is 0 Å². The molecule has 1 heterocycles. The summed E-state index contributed by atoms with van der Waals surface area (Å²) >= 11 is 5.93. The van der Waals surface area contributed by atoms with Crippen LogP contribution in [-0.4, -0.2) is 23.0 Å². The van der Waals surface area contributed by atoms with Crippen LogP contribution in [0.1, 0.15) is 49.4 Å². The molecule has 156 valence electrons. The second-order valence-electron chi connectivity index (χ2n) is 7.98. The molecule has 2 aromatic carbocycles. The summed E-state index contributed by atoms with van der Waals surface area (Å²) in [5, 5.41) is 4.93. The van der Waals surface area contributed by atoms with Crippen molar-refractivity contribution in [3.8, 4) is 5.75 Å². The summed E-state index contributed by atoms with van der Waals surface area (Å²) in [5.74, 6) is 1.35. The minimum absolute atomic E-state index is 0.0276. The fourth-order valence-electron chi connectivity index (χ4n) is 4.37. The third-order valence-electron chi connectivity index (χ3n) is 6.05. The van der Waals surface area contributed by atoms with Gasteiger partial charge in [-0.05, 0) is 80.5 Å². The van der Waals surface area contributed by atoms with Crippen LogP contribution in [0, 0.1) is 5.92 Å². The number of rotatable bonds is 6. The lowest BCUT2D eigenvalue weighted by Crippen LogP contribution is -2.42. The van der Waals surface area contributed by atoms with Gasteiger partial charge < -0.3 is 10.1 Å². The molecule has 1 aliphatic carbocycles. The van der Waals surface area contributed by atoms with Gasteiger partial charge in [-0.3, -0.25) is 9.78 Å². The Kier molecular flexibility index (Phi) is 6.53. The maximum Gasteiger partial charge on any atom is 0.251 e. The average Bonchev–Trinajstić information content (AvgIpc) is 2.79. The monoisotopic (exact) mass is 422 g/mol. The Morgan fingerprint density at radius 3 is 2.57 bits per heavy atom. The first-order valence-electron chi connectivity index (χ1n) is 10.7. The molecule has 1 atom stereocenters. The average molecular weight is 423 g/mol. The normalized spacial score (nSPS) is 19.9. The van der Waals surface area contributed by atoms with Crippen molar-refractivity contribution >= 4 is 28.4 Å². The van der Waals surface area contributed by atoms with Crippen molar-refractivity contribution in [3.05, 3.63) is 71.4 Å². The van der Waals surface area contributed by atoms with Gasteiger partial charge in [-0.1, -0.05) is 30.7 Å². The van der Waals surface area contributed by atoms with Crippen LogP contribution in [0.3, 0.4) is 0 Å². The minimum atomic E-state index is -0.0276. The van der Waals surface area contributed by atoms with E-state index in [0.717, 1.165) is 48.8 Å². The zero-order chi connectivity index (χ0) is 20.9. The minimum Gasteiger partial charge on any atom is -0.490 e. The molecule has 0 aliphatic heterocycles. The molecule has 1 aliphatic rings. The van der Waals surface area contributed by atoms with E-state index >= 15 is 0 Å². The third-order valence-corrected chi connectivity index (χ3v) is 6.31. The molecule has 5 heteroatoms. The molecule has 30 heavy (non-hydrogen) atoms. The molecular weight excluding hydrogens is 396 g/mol. The Labute approximate surface area is 182 Å². The number of hydrogen-bond donors (Lipinski definition) is 1. The van der Waals surface area contributed by atoms with Gasteiger partial charge in [-0.25, -0.2) is 0 Å². The molecule has 0 saturated heterocycles. The van der Waals surface area contributed by atoms with Gasteiger partial charge in [0.15, 0.2) is 0 Å². The van der Waals surface area contributed by atoms with Crippen molar-refractivity contribution in [2.75, 3.05) is 0 Å². The number of amides is 1. The quantitative estimate of drug-likeness (QED) is 0.527. The van der Waals surface area contributed by atoms with Crippen molar-refractivity contribution in [1.29, 1.82) is 0 Å². The fraction of sp³-hybridized carbons (Fsp3) is 0.360. The fourth-order valence-corrected chi connectivity index (χ4v) is 4.49. The number of ether oxygens (including phenoxy) is 1. The van der Waals surface area contributed by atoms with E-state index in [1.807, 2.05) is 30.5 Å². The molecule has 3 aromatic rings. The highest BCUT2D eigenvalue weighted by atomic mass is 35.5. The van der Waals surface area contributed by atoms with Crippen LogP contribution >= 0.6 is 11.6 Å². The zero-order valence-electron chi connectivity index (χ0n) is 17.2. The highest BCUT2D eigenvalue weighted by Crippen LogP contribution is 2.33. The van der Waals surface area contributed by atoms with Gasteiger partial charge in [-0.2, -0.15) is 0 Å². The summed E-state index contributed by atoms with van der Waals surface area (Å²) in [7, 11) is 0. The first kappa shape index (κ1) is 20.7. The Morgan fingerprint density at radius 1 is 1.10 bits per heavy atom. The van der Waals surface area contributed by atoms with E-state index in [0.29, 0.717) is 16.5 Å². The summed E-state index contributed by atoms with van der Waals surface area (Å²) in [4.78, 5) is 17.0. The Morgan fingerprint density at radius 2 is 1.83 bits per heavy atom. The van der Waals surface area contributed by atoms with Crippen molar-refractivity contribution in [3.63, 3.8) is 0 Å². The van der Waals surface area contributed by atoms with Crippen LogP contribution in [0.15, 0.2) is 60.8 Å². The number of nitrogens with zero attached hydrogens (tertiary/aromatic N) is 1. The molecular formula is C25H27ClN2O2. The standard InChI is InChI=1S/C25H27ClN2O2/c1-2-22(28-25(29)18-7-11-19(26)12-8-18)17-9-13-20(14-10-17)30-24-15-16-27-23-6-4-3-5-21(23)24/h3-8,11-12,15-17,20,22H,2,9-10,13-14H2,1H3,(H,28,29). The third kappa shape index (κ3) is 4.76. The second-order valence-corrected chi connectivity index (χ2v) is 8.41. The Hall–Kier alpha value is -2.59. The summed E-state index contributed by atoms with van der Waals surface area (Å²) in [6.45, 7) is 2.14. The number of pyridine rings is 1. The Bertz CT molecular complexity index is 992. The molecule has 4 nitrogen and oxygen atoms in total. The van der Waals surface area contributed by atoms with Crippen molar-refractivity contribution in [2.24, 2.45) is 5.92 Å². The molecule has 1 saturated carbocycles. The molecule has 1 unspecified atom stereocenters. The van der Waals surface area contributed by atoms with Crippen molar-refractivity contribution < 1.29 is 9.53 Å². The molecule has 0 spiro atoms. The summed E-state index contributed by atoms with van der Waals surface area (Å²) in [6.07, 6.45) is 7.02. The predicted octanol–water partition coefficient (Wildman–Crippen LogP) is 6.03. The van der Waals surface area contributed by atoms with Gasteiger partial charge in [0.25, 0.3) is 5.91 Å². The van der Waals surface area contributed by atoms with Crippen LogP contribution in [0.25, 0.3) is 10.9 Å². The zero-order valence-corrected chi connectivity index (χ0v) is 17.9. The predicted molar refractivity (Wildman–Crippen MR) is 121 cm³/mol. The van der Waals surface area contributed by atoms with Crippen LogP contribution < -0.4 is 10.1 Å². The van der Waals surface area contributed by atoms with E-state index in [1.54, 1.807) is 24.3 Å². The molecule has 1 amide bonds. The van der Waals surface area contributed by atoms with E-state index in [4.69, 9.17) is 16.3 Å². The van der Waals surface area contributed by atoms with Crippen LogP contribution in [0.4, 0.5) is 0 Å². The lowest BCUT2D eigenvalue weighted by molar-refractivity contribution is 0.0872. The maximum absolute atomic E-state index is 12.6. The lowest BCUT2D eigenvalue weighted by Gasteiger charge is -2.34. The highest BCUT2D eigenvalue weighted by molar-refractivity contribution is 6.30. The van der Waals surface area contributed by atoms with Gasteiger partial charge in [0.05, 0.1) is 11.6 Å². The topological polar surface area (TPSA) is 51.2 Å². The molecule has 4 rings (SSSR count). The van der Waals surface area contributed by atoms with E-state index in [1.165, 1.54) is 0 Å². The summed E-state index contributed by atoms with van der Waals surface area (Å²) in [5.41, 5.74) is 1.61. The van der Waals surface area contributed by atoms with Crippen molar-refractivity contribution in [2.45, 2.75) is 51.2 Å². The highest BCUT2D eigenvalue weighted by Gasteiger charge is 2.29. The summed E-state index contributed by atoms with van der Waals surface area (Å²) < 4.78 is 6.35. The molecule has 1 fully saturated rings.